The van der Waals surface area contributed by atoms with E-state index in [1.165, 1.54) is 34.4 Å². The first kappa shape index (κ1) is 17.3. The minimum atomic E-state index is -0.367. The highest BCUT2D eigenvalue weighted by molar-refractivity contribution is 9.10. The van der Waals surface area contributed by atoms with Crippen LogP contribution in [0.2, 0.25) is 0 Å². The van der Waals surface area contributed by atoms with Crippen LogP contribution in [0.15, 0.2) is 22.7 Å². The summed E-state index contributed by atoms with van der Waals surface area (Å²) in [4.78, 5) is 20.1. The summed E-state index contributed by atoms with van der Waals surface area (Å²) in [6.07, 6.45) is 0.911. The smallest absolute Gasteiger partial charge is 0.264 e. The first-order chi connectivity index (χ1) is 11.5. The van der Waals surface area contributed by atoms with E-state index in [-0.39, 0.29) is 18.3 Å². The number of likely N-dealkylation sites (N-methyl/N-ethyl adjacent to an activating group) is 1. The number of aromatic nitrogens is 1. The first-order valence-corrected chi connectivity index (χ1v) is 9.24. The molecule has 0 aliphatic carbocycles. The van der Waals surface area contributed by atoms with Crippen LogP contribution in [0.3, 0.4) is 0 Å². The van der Waals surface area contributed by atoms with Crippen molar-refractivity contribution in [1.29, 1.82) is 0 Å². The predicted octanol–water partition coefficient (Wildman–Crippen LogP) is 3.44. The fraction of sp³-hybridized carbons (Fsp3) is 0.375. The summed E-state index contributed by atoms with van der Waals surface area (Å²) in [5, 5.41) is 3.37. The Hall–Kier alpha value is -1.51. The monoisotopic (exact) mass is 413 g/mol. The van der Waals surface area contributed by atoms with Crippen molar-refractivity contribution in [3.05, 3.63) is 39.1 Å². The van der Waals surface area contributed by atoms with Gasteiger partial charge in [0.1, 0.15) is 11.6 Å². The normalized spacial score (nSPS) is 14.3. The molecule has 0 fully saturated rings. The fourth-order valence-corrected chi connectivity index (χ4v) is 3.99. The molecule has 1 aromatic heterocycles. The SMILES string of the molecule is CCN1CCc2nc(NC(=O)COc3ccc(F)cc3Br)sc2C1. The van der Waals surface area contributed by atoms with Crippen LogP contribution in [-0.4, -0.2) is 35.5 Å². The summed E-state index contributed by atoms with van der Waals surface area (Å²) in [6.45, 7) is 4.88. The number of amides is 1. The van der Waals surface area contributed by atoms with Gasteiger partial charge < -0.3 is 4.74 Å². The Morgan fingerprint density at radius 1 is 1.54 bits per heavy atom. The van der Waals surface area contributed by atoms with Crippen LogP contribution in [0.4, 0.5) is 9.52 Å². The molecule has 0 atom stereocenters. The van der Waals surface area contributed by atoms with Gasteiger partial charge in [-0.15, -0.1) is 11.3 Å². The number of nitrogens with zero attached hydrogens (tertiary/aromatic N) is 2. The third kappa shape index (κ3) is 4.12. The Balaban J connectivity index is 1.56. The third-order valence-electron chi connectivity index (χ3n) is 3.76. The Morgan fingerprint density at radius 3 is 3.12 bits per heavy atom. The van der Waals surface area contributed by atoms with Gasteiger partial charge in [0.2, 0.25) is 0 Å². The summed E-state index contributed by atoms with van der Waals surface area (Å²) in [6, 6.07) is 4.06. The largest absolute Gasteiger partial charge is 0.483 e. The van der Waals surface area contributed by atoms with Crippen molar-refractivity contribution in [1.82, 2.24) is 9.88 Å². The van der Waals surface area contributed by atoms with Crippen LogP contribution in [0, 0.1) is 5.82 Å². The topological polar surface area (TPSA) is 54.5 Å². The minimum Gasteiger partial charge on any atom is -0.483 e. The molecule has 8 heteroatoms. The molecule has 0 bridgehead atoms. The number of carbonyl (C=O) groups is 1. The van der Waals surface area contributed by atoms with Gasteiger partial charge in [-0.05, 0) is 40.7 Å². The van der Waals surface area contributed by atoms with Crippen molar-refractivity contribution < 1.29 is 13.9 Å². The van der Waals surface area contributed by atoms with E-state index in [9.17, 15) is 9.18 Å². The summed E-state index contributed by atoms with van der Waals surface area (Å²) in [5.41, 5.74) is 1.07. The molecule has 24 heavy (non-hydrogen) atoms. The standard InChI is InChI=1S/C16H17BrFN3O2S/c1-2-21-6-5-12-14(8-21)24-16(19-12)20-15(22)9-23-13-4-3-10(18)7-11(13)17/h3-4,7H,2,5-6,8-9H2,1H3,(H,19,20,22). The molecule has 1 N–H and O–H groups in total. The van der Waals surface area contributed by atoms with E-state index in [1.54, 1.807) is 0 Å². The molecule has 0 radical (unpaired) electrons. The van der Waals surface area contributed by atoms with E-state index in [4.69, 9.17) is 4.74 Å². The van der Waals surface area contributed by atoms with Gasteiger partial charge in [-0.2, -0.15) is 0 Å². The summed E-state index contributed by atoms with van der Waals surface area (Å²) in [5.74, 6) is -0.235. The number of anilines is 1. The molecular formula is C16H17BrFN3O2S. The minimum absolute atomic E-state index is 0.157. The van der Waals surface area contributed by atoms with Gasteiger partial charge in [-0.1, -0.05) is 6.92 Å². The number of halogens is 2. The molecule has 2 aromatic rings. The van der Waals surface area contributed by atoms with Gasteiger partial charge >= 0.3 is 0 Å². The molecule has 2 heterocycles. The van der Waals surface area contributed by atoms with Crippen molar-refractivity contribution in [3.8, 4) is 5.75 Å². The molecule has 3 rings (SSSR count). The molecule has 5 nitrogen and oxygen atoms in total. The van der Waals surface area contributed by atoms with Crippen LogP contribution in [0.5, 0.6) is 5.75 Å². The maximum absolute atomic E-state index is 13.0. The summed E-state index contributed by atoms with van der Waals surface area (Å²) >= 11 is 4.71. The average Bonchev–Trinajstić information content (AvgIpc) is 2.95. The number of hydrogen-bond donors (Lipinski definition) is 1. The van der Waals surface area contributed by atoms with Crippen molar-refractivity contribution in [2.24, 2.45) is 0 Å². The number of ether oxygens (including phenoxy) is 1. The molecule has 1 aliphatic heterocycles. The Morgan fingerprint density at radius 2 is 2.38 bits per heavy atom. The zero-order chi connectivity index (χ0) is 17.1. The van der Waals surface area contributed by atoms with Gasteiger partial charge in [-0.25, -0.2) is 9.37 Å². The zero-order valence-electron chi connectivity index (χ0n) is 13.1. The number of thiazole rings is 1. The molecule has 1 aromatic carbocycles. The van der Waals surface area contributed by atoms with Crippen molar-refractivity contribution >= 4 is 38.3 Å². The third-order valence-corrected chi connectivity index (χ3v) is 5.37. The highest BCUT2D eigenvalue weighted by atomic mass is 79.9. The first-order valence-electron chi connectivity index (χ1n) is 7.63. The molecule has 0 unspecified atom stereocenters. The van der Waals surface area contributed by atoms with Crippen LogP contribution >= 0.6 is 27.3 Å². The molecule has 0 saturated carbocycles. The lowest BCUT2D eigenvalue weighted by molar-refractivity contribution is -0.118. The number of rotatable bonds is 5. The number of fused-ring (bicyclic) bond motifs is 1. The summed E-state index contributed by atoms with van der Waals surface area (Å²) < 4.78 is 18.9. The van der Waals surface area contributed by atoms with Gasteiger partial charge in [-0.3, -0.25) is 15.0 Å². The van der Waals surface area contributed by atoms with Crippen LogP contribution in [0.25, 0.3) is 0 Å². The average molecular weight is 414 g/mol. The van der Waals surface area contributed by atoms with Crippen molar-refractivity contribution in [2.75, 3.05) is 25.0 Å². The highest BCUT2D eigenvalue weighted by Gasteiger charge is 2.20. The van der Waals surface area contributed by atoms with E-state index >= 15 is 0 Å². The quantitative estimate of drug-likeness (QED) is 0.815. The zero-order valence-corrected chi connectivity index (χ0v) is 15.5. The maximum atomic E-state index is 13.0. The Kier molecular flexibility index (Phi) is 5.47. The second kappa shape index (κ2) is 7.58. The predicted molar refractivity (Wildman–Crippen MR) is 95.0 cm³/mol. The van der Waals surface area contributed by atoms with Crippen LogP contribution < -0.4 is 10.1 Å². The number of benzene rings is 1. The lowest BCUT2D eigenvalue weighted by Crippen LogP contribution is -2.29. The van der Waals surface area contributed by atoms with E-state index in [0.717, 1.165) is 31.7 Å². The maximum Gasteiger partial charge on any atom is 0.264 e. The Labute approximate surface area is 152 Å². The van der Waals surface area contributed by atoms with Gasteiger partial charge in [0, 0.05) is 24.4 Å². The van der Waals surface area contributed by atoms with E-state index in [0.29, 0.717) is 15.4 Å². The summed E-state index contributed by atoms with van der Waals surface area (Å²) in [7, 11) is 0. The lowest BCUT2D eigenvalue weighted by atomic mass is 10.2. The second-order valence-corrected chi connectivity index (χ2v) is 7.36. The van der Waals surface area contributed by atoms with E-state index < -0.39 is 0 Å². The fourth-order valence-electron chi connectivity index (χ4n) is 2.46. The number of carbonyl (C=O) groups excluding carboxylic acids is 1. The highest BCUT2D eigenvalue weighted by Crippen LogP contribution is 2.28. The van der Waals surface area contributed by atoms with E-state index in [1.807, 2.05) is 0 Å². The van der Waals surface area contributed by atoms with Gasteiger partial charge in [0.05, 0.1) is 10.2 Å². The second-order valence-electron chi connectivity index (χ2n) is 5.42. The van der Waals surface area contributed by atoms with E-state index in [2.05, 4.69) is 38.1 Å². The molecule has 0 saturated heterocycles. The van der Waals surface area contributed by atoms with Crippen molar-refractivity contribution in [2.45, 2.75) is 19.9 Å². The molecule has 1 amide bonds. The molecular weight excluding hydrogens is 397 g/mol. The number of nitrogens with one attached hydrogen (secondary N) is 1. The van der Waals surface area contributed by atoms with Gasteiger partial charge in [0.25, 0.3) is 5.91 Å². The molecule has 1 aliphatic rings. The lowest BCUT2D eigenvalue weighted by Gasteiger charge is -2.23. The molecule has 0 spiro atoms. The van der Waals surface area contributed by atoms with Gasteiger partial charge in [0.15, 0.2) is 11.7 Å². The van der Waals surface area contributed by atoms with Crippen LogP contribution in [-0.2, 0) is 17.8 Å². The Bertz CT molecular complexity index is 753. The molecule has 128 valence electrons. The van der Waals surface area contributed by atoms with Crippen LogP contribution in [0.1, 0.15) is 17.5 Å². The van der Waals surface area contributed by atoms with Crippen molar-refractivity contribution in [3.63, 3.8) is 0 Å². The number of hydrogen-bond acceptors (Lipinski definition) is 5.